The van der Waals surface area contributed by atoms with E-state index >= 15 is 0 Å². The van der Waals surface area contributed by atoms with E-state index in [9.17, 15) is 14.4 Å². The van der Waals surface area contributed by atoms with Gasteiger partial charge in [-0.2, -0.15) is 0 Å². The average Bonchev–Trinajstić information content (AvgIpc) is 2.13. The monoisotopic (exact) mass is 231 g/mol. The summed E-state index contributed by atoms with van der Waals surface area (Å²) in [7, 11) is 2.84. The molecule has 0 saturated carbocycles. The topological polar surface area (TPSA) is 102 Å². The second-order valence-electron chi connectivity index (χ2n) is 3.44. The molecule has 0 aliphatic rings. The van der Waals surface area contributed by atoms with Crippen molar-refractivity contribution in [1.29, 1.82) is 0 Å². The zero-order chi connectivity index (χ0) is 12.7. The van der Waals surface area contributed by atoms with E-state index in [4.69, 9.17) is 5.73 Å². The number of rotatable bonds is 6. The van der Waals surface area contributed by atoms with Crippen molar-refractivity contribution in [2.45, 2.75) is 13.0 Å². The second kappa shape index (κ2) is 6.78. The molecule has 16 heavy (non-hydrogen) atoms. The van der Waals surface area contributed by atoms with Crippen molar-refractivity contribution < 1.29 is 19.1 Å². The van der Waals surface area contributed by atoms with Crippen LogP contribution < -0.4 is 11.1 Å². The first-order valence-electron chi connectivity index (χ1n) is 4.68. The van der Waals surface area contributed by atoms with Crippen LogP contribution in [-0.4, -0.2) is 56.0 Å². The van der Waals surface area contributed by atoms with E-state index in [1.807, 2.05) is 0 Å². The second-order valence-corrected chi connectivity index (χ2v) is 3.44. The van der Waals surface area contributed by atoms with Crippen molar-refractivity contribution in [2.24, 2.45) is 5.73 Å². The van der Waals surface area contributed by atoms with Crippen LogP contribution in [0.25, 0.3) is 0 Å². The molecule has 0 aromatic carbocycles. The van der Waals surface area contributed by atoms with Gasteiger partial charge < -0.3 is 15.8 Å². The maximum atomic E-state index is 11.3. The van der Waals surface area contributed by atoms with Crippen LogP contribution in [0, 0.1) is 0 Å². The molecule has 0 aromatic rings. The first-order chi connectivity index (χ1) is 7.36. The highest BCUT2D eigenvalue weighted by molar-refractivity contribution is 5.83. The summed E-state index contributed by atoms with van der Waals surface area (Å²) in [6.07, 6.45) is 0. The van der Waals surface area contributed by atoms with Gasteiger partial charge >= 0.3 is 5.97 Å². The lowest BCUT2D eigenvalue weighted by molar-refractivity contribution is -0.145. The van der Waals surface area contributed by atoms with E-state index < -0.39 is 17.9 Å². The molecule has 0 aliphatic carbocycles. The van der Waals surface area contributed by atoms with Crippen molar-refractivity contribution in [3.05, 3.63) is 0 Å². The summed E-state index contributed by atoms with van der Waals surface area (Å²) in [5.41, 5.74) is 4.99. The van der Waals surface area contributed by atoms with Crippen molar-refractivity contribution in [1.82, 2.24) is 10.2 Å². The third kappa shape index (κ3) is 5.97. The number of hydrogen-bond donors (Lipinski definition) is 2. The lowest BCUT2D eigenvalue weighted by Gasteiger charge is -2.21. The Morgan fingerprint density at radius 2 is 2.00 bits per heavy atom. The molecule has 0 aromatic heterocycles. The summed E-state index contributed by atoms with van der Waals surface area (Å²) in [4.78, 5) is 34.3. The molecule has 0 aliphatic heterocycles. The Balaban J connectivity index is 4.35. The summed E-state index contributed by atoms with van der Waals surface area (Å²) in [6.45, 7) is 1.46. The first-order valence-corrected chi connectivity index (χ1v) is 4.68. The van der Waals surface area contributed by atoms with Crippen molar-refractivity contribution >= 4 is 17.8 Å². The molecule has 0 rings (SSSR count). The maximum absolute atomic E-state index is 11.3. The molecule has 3 N–H and O–H groups in total. The van der Waals surface area contributed by atoms with Gasteiger partial charge in [-0.3, -0.25) is 14.5 Å². The van der Waals surface area contributed by atoms with Crippen molar-refractivity contribution in [3.63, 3.8) is 0 Å². The molecule has 0 bridgehead atoms. The minimum atomic E-state index is -0.799. The number of primary amides is 1. The van der Waals surface area contributed by atoms with Crippen LogP contribution in [0.15, 0.2) is 0 Å². The maximum Gasteiger partial charge on any atom is 0.329 e. The van der Waals surface area contributed by atoms with Gasteiger partial charge in [0.15, 0.2) is 0 Å². The number of nitrogens with zero attached hydrogens (tertiary/aromatic N) is 1. The van der Waals surface area contributed by atoms with Gasteiger partial charge in [0.05, 0.1) is 13.7 Å². The third-order valence-electron chi connectivity index (χ3n) is 1.78. The molecule has 0 spiro atoms. The molecule has 0 fully saturated rings. The molecule has 0 radical (unpaired) electrons. The highest BCUT2D eigenvalue weighted by atomic mass is 16.5. The summed E-state index contributed by atoms with van der Waals surface area (Å²) < 4.78 is 4.52. The lowest BCUT2D eigenvalue weighted by Crippen LogP contribution is -2.48. The Morgan fingerprint density at radius 3 is 2.38 bits per heavy atom. The third-order valence-corrected chi connectivity index (χ3v) is 1.78. The fourth-order valence-corrected chi connectivity index (χ4v) is 1.21. The van der Waals surface area contributed by atoms with Gasteiger partial charge in [-0.1, -0.05) is 0 Å². The molecule has 0 saturated heterocycles. The average molecular weight is 231 g/mol. The summed E-state index contributed by atoms with van der Waals surface area (Å²) in [5, 5.41) is 2.43. The Morgan fingerprint density at radius 1 is 1.44 bits per heavy atom. The van der Waals surface area contributed by atoms with Gasteiger partial charge in [0.1, 0.15) is 6.04 Å². The van der Waals surface area contributed by atoms with E-state index in [1.165, 1.54) is 18.9 Å². The predicted octanol–water partition coefficient (Wildman–Crippen LogP) is -1.92. The number of ether oxygens (including phenoxy) is 1. The lowest BCUT2D eigenvalue weighted by atomic mass is 10.2. The van der Waals surface area contributed by atoms with E-state index in [1.54, 1.807) is 7.05 Å². The number of carbonyl (C=O) groups is 3. The number of nitrogens with one attached hydrogen (secondary N) is 1. The molecular formula is C9H17N3O4. The number of amides is 2. The number of carbonyl (C=O) groups excluding carboxylic acids is 3. The van der Waals surface area contributed by atoms with Crippen molar-refractivity contribution in [2.75, 3.05) is 27.2 Å². The number of likely N-dealkylation sites (N-methyl/N-ethyl adjacent to an activating group) is 1. The Labute approximate surface area is 93.9 Å². The highest BCUT2D eigenvalue weighted by Gasteiger charge is 2.22. The number of nitrogens with two attached hydrogens (primary N) is 1. The largest absolute Gasteiger partial charge is 0.467 e. The van der Waals surface area contributed by atoms with Crippen LogP contribution in [-0.2, 0) is 19.1 Å². The van der Waals surface area contributed by atoms with E-state index in [2.05, 4.69) is 10.1 Å². The van der Waals surface area contributed by atoms with Gasteiger partial charge in [0.2, 0.25) is 11.8 Å². The molecule has 7 heteroatoms. The minimum absolute atomic E-state index is 0.00702. The van der Waals surface area contributed by atoms with Gasteiger partial charge in [-0.25, -0.2) is 4.79 Å². The molecule has 0 heterocycles. The molecule has 7 nitrogen and oxygen atoms in total. The molecular weight excluding hydrogens is 214 g/mol. The summed E-state index contributed by atoms with van der Waals surface area (Å²) in [5.74, 6) is -1.41. The quantitative estimate of drug-likeness (QED) is 0.519. The van der Waals surface area contributed by atoms with E-state index in [-0.39, 0.29) is 19.0 Å². The van der Waals surface area contributed by atoms with Gasteiger partial charge in [0.25, 0.3) is 0 Å². The van der Waals surface area contributed by atoms with E-state index in [0.29, 0.717) is 0 Å². The van der Waals surface area contributed by atoms with Crippen molar-refractivity contribution in [3.8, 4) is 0 Å². The zero-order valence-electron chi connectivity index (χ0n) is 9.65. The normalized spacial score (nSPS) is 12.0. The highest BCUT2D eigenvalue weighted by Crippen LogP contribution is 1.93. The Bertz CT molecular complexity index is 280. The molecule has 2 amide bonds. The van der Waals surface area contributed by atoms with Gasteiger partial charge in [-0.15, -0.1) is 0 Å². The van der Waals surface area contributed by atoms with Crippen LogP contribution in [0.1, 0.15) is 6.92 Å². The summed E-state index contributed by atoms with van der Waals surface area (Å²) >= 11 is 0. The Kier molecular flexibility index (Phi) is 6.09. The SMILES string of the molecule is COC(=O)C(CN(C)CC(N)=O)NC(C)=O. The van der Waals surface area contributed by atoms with Crippen LogP contribution in [0.4, 0.5) is 0 Å². The zero-order valence-corrected chi connectivity index (χ0v) is 9.65. The van der Waals surface area contributed by atoms with Gasteiger partial charge in [0, 0.05) is 13.5 Å². The van der Waals surface area contributed by atoms with Crippen LogP contribution in [0.5, 0.6) is 0 Å². The number of methoxy groups -OCH3 is 1. The smallest absolute Gasteiger partial charge is 0.329 e. The Hall–Kier alpha value is -1.63. The van der Waals surface area contributed by atoms with Crippen LogP contribution >= 0.6 is 0 Å². The summed E-state index contributed by atoms with van der Waals surface area (Å²) in [6, 6.07) is -0.799. The molecule has 1 atom stereocenters. The van der Waals surface area contributed by atoms with Gasteiger partial charge in [-0.05, 0) is 7.05 Å². The number of hydrogen-bond acceptors (Lipinski definition) is 5. The standard InChI is InChI=1S/C9H17N3O4/c1-6(13)11-7(9(15)16-3)4-12(2)5-8(10)14/h7H,4-5H2,1-3H3,(H2,10,14)(H,11,13). The van der Waals surface area contributed by atoms with Crippen LogP contribution in [0.2, 0.25) is 0 Å². The molecule has 1 unspecified atom stereocenters. The van der Waals surface area contributed by atoms with Crippen LogP contribution in [0.3, 0.4) is 0 Å². The fraction of sp³-hybridized carbons (Fsp3) is 0.667. The minimum Gasteiger partial charge on any atom is -0.467 e. The fourth-order valence-electron chi connectivity index (χ4n) is 1.21. The van der Waals surface area contributed by atoms with E-state index in [0.717, 1.165) is 0 Å². The predicted molar refractivity (Wildman–Crippen MR) is 56.3 cm³/mol. The molecule has 92 valence electrons. The first kappa shape index (κ1) is 14.4. The number of esters is 1.